The van der Waals surface area contributed by atoms with E-state index < -0.39 is 0 Å². The van der Waals surface area contributed by atoms with Crippen LogP contribution in [0.2, 0.25) is 0 Å². The Balaban J connectivity index is 1.35. The van der Waals surface area contributed by atoms with Gasteiger partial charge in [0.05, 0.1) is 0 Å². The van der Waals surface area contributed by atoms with Crippen LogP contribution in [0.15, 0.2) is 71.0 Å². The molecule has 142 valence electrons. The summed E-state index contributed by atoms with van der Waals surface area (Å²) in [7, 11) is 4.01. The molecule has 4 rings (SSSR count). The third kappa shape index (κ3) is 3.98. The predicted molar refractivity (Wildman–Crippen MR) is 114 cm³/mol. The molecule has 2 aromatic carbocycles. The van der Waals surface area contributed by atoms with E-state index in [0.29, 0.717) is 0 Å². The van der Waals surface area contributed by atoms with Crippen molar-refractivity contribution >= 4 is 23.5 Å². The summed E-state index contributed by atoms with van der Waals surface area (Å²) in [6.07, 6.45) is 0. The Bertz CT molecular complexity index is 958. The van der Waals surface area contributed by atoms with Crippen LogP contribution in [0.25, 0.3) is 22.8 Å². The lowest BCUT2D eigenvalue weighted by atomic mass is 10.2. The Morgan fingerprint density at radius 3 is 1.39 bits per heavy atom. The molecule has 0 radical (unpaired) electrons. The van der Waals surface area contributed by atoms with E-state index in [9.17, 15) is 0 Å². The van der Waals surface area contributed by atoms with Crippen molar-refractivity contribution in [3.63, 3.8) is 0 Å². The average Bonchev–Trinajstić information content (AvgIpc) is 3.29. The van der Waals surface area contributed by atoms with Crippen LogP contribution in [0, 0.1) is 0 Å². The molecule has 2 aromatic heterocycles. The van der Waals surface area contributed by atoms with Crippen LogP contribution in [0.3, 0.4) is 0 Å². The van der Waals surface area contributed by atoms with Gasteiger partial charge in [0.2, 0.25) is 0 Å². The Morgan fingerprint density at radius 2 is 1.00 bits per heavy atom. The van der Waals surface area contributed by atoms with Gasteiger partial charge in [0.25, 0.3) is 0 Å². The van der Waals surface area contributed by atoms with Gasteiger partial charge in [0.15, 0.2) is 22.0 Å². The van der Waals surface area contributed by atoms with E-state index >= 15 is 0 Å². The molecule has 28 heavy (non-hydrogen) atoms. The number of aromatic nitrogens is 6. The van der Waals surface area contributed by atoms with Crippen LogP contribution in [0.4, 0.5) is 0 Å². The maximum atomic E-state index is 4.33. The quantitative estimate of drug-likeness (QED) is 0.338. The predicted octanol–water partition coefficient (Wildman–Crippen LogP) is 4.16. The molecule has 0 spiro atoms. The fourth-order valence-corrected chi connectivity index (χ4v) is 4.61. The van der Waals surface area contributed by atoms with Gasteiger partial charge in [-0.15, -0.1) is 20.4 Å². The highest BCUT2D eigenvalue weighted by atomic mass is 32.2. The first-order valence-electron chi connectivity index (χ1n) is 8.89. The van der Waals surface area contributed by atoms with Gasteiger partial charge in [-0.25, -0.2) is 0 Å². The first kappa shape index (κ1) is 18.8. The van der Waals surface area contributed by atoms with Crippen molar-refractivity contribution in [1.82, 2.24) is 29.5 Å². The molecule has 0 amide bonds. The molecule has 0 fully saturated rings. The van der Waals surface area contributed by atoms with E-state index in [4.69, 9.17) is 0 Å². The van der Waals surface area contributed by atoms with E-state index in [2.05, 4.69) is 20.4 Å². The summed E-state index contributed by atoms with van der Waals surface area (Å²) in [6.45, 7) is 0. The van der Waals surface area contributed by atoms with Crippen LogP contribution < -0.4 is 0 Å². The number of hydrogen-bond donors (Lipinski definition) is 0. The highest BCUT2D eigenvalue weighted by molar-refractivity contribution is 8.02. The van der Waals surface area contributed by atoms with Crippen LogP contribution in [-0.2, 0) is 14.1 Å². The molecule has 0 aliphatic carbocycles. The van der Waals surface area contributed by atoms with Gasteiger partial charge < -0.3 is 9.13 Å². The molecule has 8 heteroatoms. The van der Waals surface area contributed by atoms with Gasteiger partial charge in [0, 0.05) is 36.7 Å². The Morgan fingerprint density at radius 1 is 0.607 bits per heavy atom. The minimum Gasteiger partial charge on any atom is -0.305 e. The summed E-state index contributed by atoms with van der Waals surface area (Å²) in [4.78, 5) is 0. The average molecular weight is 409 g/mol. The highest BCUT2D eigenvalue weighted by Gasteiger charge is 2.13. The molecule has 0 unspecified atom stereocenters. The van der Waals surface area contributed by atoms with Crippen LogP contribution in [-0.4, -0.2) is 41.0 Å². The standard InChI is InChI=1S/C20H20N6S2/c1-25-17(15-9-5-3-6-10-15)21-23-19(25)27-13-14-28-20-24-22-18(26(20)2)16-11-7-4-8-12-16/h3-12H,13-14H2,1-2H3. The Hall–Kier alpha value is -2.58. The van der Waals surface area contributed by atoms with Gasteiger partial charge in [-0.05, 0) is 0 Å². The summed E-state index contributed by atoms with van der Waals surface area (Å²) < 4.78 is 4.08. The van der Waals surface area contributed by atoms with Crippen molar-refractivity contribution in [2.24, 2.45) is 14.1 Å². The van der Waals surface area contributed by atoms with E-state index in [1.165, 1.54) is 0 Å². The zero-order valence-electron chi connectivity index (χ0n) is 15.7. The van der Waals surface area contributed by atoms with Crippen molar-refractivity contribution < 1.29 is 0 Å². The summed E-state index contributed by atoms with van der Waals surface area (Å²) in [5.41, 5.74) is 2.15. The van der Waals surface area contributed by atoms with Crippen molar-refractivity contribution in [3.05, 3.63) is 60.7 Å². The Labute approximate surface area is 172 Å². The maximum absolute atomic E-state index is 4.33. The van der Waals surface area contributed by atoms with E-state index in [1.807, 2.05) is 83.9 Å². The number of hydrogen-bond acceptors (Lipinski definition) is 6. The molecule has 0 saturated carbocycles. The highest BCUT2D eigenvalue weighted by Crippen LogP contribution is 2.26. The monoisotopic (exact) mass is 408 g/mol. The molecule has 0 saturated heterocycles. The topological polar surface area (TPSA) is 61.4 Å². The second-order valence-electron chi connectivity index (χ2n) is 6.16. The molecule has 6 nitrogen and oxygen atoms in total. The number of thioether (sulfide) groups is 2. The molecular formula is C20H20N6S2. The summed E-state index contributed by atoms with van der Waals surface area (Å²) in [6, 6.07) is 20.2. The van der Waals surface area contributed by atoms with Crippen molar-refractivity contribution in [1.29, 1.82) is 0 Å². The van der Waals surface area contributed by atoms with Crippen molar-refractivity contribution in [3.8, 4) is 22.8 Å². The molecule has 0 aliphatic heterocycles. The van der Waals surface area contributed by atoms with E-state index in [1.54, 1.807) is 23.5 Å². The first-order valence-corrected chi connectivity index (χ1v) is 10.9. The van der Waals surface area contributed by atoms with Crippen LogP contribution in [0.1, 0.15) is 0 Å². The molecule has 0 aliphatic rings. The van der Waals surface area contributed by atoms with E-state index in [-0.39, 0.29) is 0 Å². The zero-order chi connectivity index (χ0) is 19.3. The normalized spacial score (nSPS) is 11.1. The fourth-order valence-electron chi connectivity index (χ4n) is 2.82. The molecule has 4 aromatic rings. The second kappa shape index (κ2) is 8.62. The third-order valence-electron chi connectivity index (χ3n) is 4.28. The van der Waals surface area contributed by atoms with Gasteiger partial charge in [0.1, 0.15) is 0 Å². The third-order valence-corrected chi connectivity index (χ3v) is 6.58. The van der Waals surface area contributed by atoms with Crippen molar-refractivity contribution in [2.45, 2.75) is 10.3 Å². The fraction of sp³-hybridized carbons (Fsp3) is 0.200. The maximum Gasteiger partial charge on any atom is 0.191 e. The van der Waals surface area contributed by atoms with Gasteiger partial charge in [-0.3, -0.25) is 0 Å². The lowest BCUT2D eigenvalue weighted by Crippen LogP contribution is -1.97. The van der Waals surface area contributed by atoms with Crippen LogP contribution in [0.5, 0.6) is 0 Å². The van der Waals surface area contributed by atoms with Crippen molar-refractivity contribution in [2.75, 3.05) is 11.5 Å². The zero-order valence-corrected chi connectivity index (χ0v) is 17.3. The first-order chi connectivity index (χ1) is 13.7. The largest absolute Gasteiger partial charge is 0.305 e. The molecular weight excluding hydrogens is 388 g/mol. The van der Waals surface area contributed by atoms with E-state index in [0.717, 1.165) is 44.6 Å². The minimum absolute atomic E-state index is 0.886. The number of rotatable bonds is 7. The smallest absolute Gasteiger partial charge is 0.191 e. The number of benzene rings is 2. The number of nitrogens with zero attached hydrogens (tertiary/aromatic N) is 6. The summed E-state index contributed by atoms with van der Waals surface area (Å²) in [5.74, 6) is 3.60. The van der Waals surface area contributed by atoms with Gasteiger partial charge >= 0.3 is 0 Å². The molecule has 2 heterocycles. The molecule has 0 bridgehead atoms. The SMILES string of the molecule is Cn1c(SCCSc2nnc(-c3ccccc3)n2C)nnc1-c1ccccc1. The lowest BCUT2D eigenvalue weighted by Gasteiger charge is -2.05. The summed E-state index contributed by atoms with van der Waals surface area (Å²) >= 11 is 3.40. The van der Waals surface area contributed by atoms with Crippen LogP contribution >= 0.6 is 23.5 Å². The second-order valence-corrected chi connectivity index (χ2v) is 8.28. The Kier molecular flexibility index (Phi) is 5.78. The minimum atomic E-state index is 0.886. The molecule has 0 atom stereocenters. The van der Waals surface area contributed by atoms with Gasteiger partial charge in [-0.1, -0.05) is 84.2 Å². The lowest BCUT2D eigenvalue weighted by molar-refractivity contribution is 0.792. The summed E-state index contributed by atoms with van der Waals surface area (Å²) in [5, 5.41) is 19.2. The van der Waals surface area contributed by atoms with Gasteiger partial charge in [-0.2, -0.15) is 0 Å². The molecule has 0 N–H and O–H groups in total.